The Labute approximate surface area is 159 Å². The van der Waals surface area contributed by atoms with E-state index in [4.69, 9.17) is 9.47 Å². The zero-order valence-electron chi connectivity index (χ0n) is 16.3. The molecule has 2 aromatic carbocycles. The first-order valence-electron chi connectivity index (χ1n) is 8.40. The second-order valence-electron chi connectivity index (χ2n) is 6.22. The first-order chi connectivity index (χ1) is 12.8. The van der Waals surface area contributed by atoms with Gasteiger partial charge in [0.25, 0.3) is 5.91 Å². The summed E-state index contributed by atoms with van der Waals surface area (Å²) in [5, 5.41) is 2.82. The standard InChI is InChI=1S/C20H25N3O4/c1-22(2)20(25)14-7-6-8-15(11-14)21-19(24)13-23(3)16-9-10-17(26-4)18(12-16)27-5/h6-12H,13H2,1-5H3,(H,21,24). The number of carbonyl (C=O) groups excluding carboxylic acids is 2. The number of hydrogen-bond donors (Lipinski definition) is 1. The van der Waals surface area contributed by atoms with Crippen LogP contribution in [0.2, 0.25) is 0 Å². The van der Waals surface area contributed by atoms with Gasteiger partial charge >= 0.3 is 0 Å². The minimum absolute atomic E-state index is 0.117. The van der Waals surface area contributed by atoms with Gasteiger partial charge in [0.2, 0.25) is 5.91 Å². The van der Waals surface area contributed by atoms with E-state index in [9.17, 15) is 9.59 Å². The van der Waals surface area contributed by atoms with Crippen LogP contribution >= 0.6 is 0 Å². The zero-order chi connectivity index (χ0) is 20.0. The molecule has 0 atom stereocenters. The molecule has 1 N–H and O–H groups in total. The van der Waals surface area contributed by atoms with E-state index in [1.807, 2.05) is 19.2 Å². The maximum absolute atomic E-state index is 12.4. The molecule has 0 aliphatic rings. The summed E-state index contributed by atoms with van der Waals surface area (Å²) in [6, 6.07) is 12.3. The minimum Gasteiger partial charge on any atom is -0.493 e. The number of ether oxygens (including phenoxy) is 2. The van der Waals surface area contributed by atoms with Crippen molar-refractivity contribution in [2.75, 3.05) is 52.1 Å². The molecule has 144 valence electrons. The van der Waals surface area contributed by atoms with E-state index in [0.29, 0.717) is 22.7 Å². The smallest absolute Gasteiger partial charge is 0.253 e. The van der Waals surface area contributed by atoms with Crippen molar-refractivity contribution in [3.05, 3.63) is 48.0 Å². The minimum atomic E-state index is -0.193. The quantitative estimate of drug-likeness (QED) is 0.810. The highest BCUT2D eigenvalue weighted by atomic mass is 16.5. The van der Waals surface area contributed by atoms with Gasteiger partial charge in [-0.25, -0.2) is 0 Å². The average molecular weight is 371 g/mol. The van der Waals surface area contributed by atoms with Crippen LogP contribution in [-0.2, 0) is 4.79 Å². The predicted molar refractivity (Wildman–Crippen MR) is 106 cm³/mol. The Balaban J connectivity index is 2.05. The Kier molecular flexibility index (Phi) is 6.65. The highest BCUT2D eigenvalue weighted by Crippen LogP contribution is 2.31. The van der Waals surface area contributed by atoms with Crippen LogP contribution in [0.5, 0.6) is 11.5 Å². The fraction of sp³-hybridized carbons (Fsp3) is 0.300. The Morgan fingerprint density at radius 1 is 0.963 bits per heavy atom. The van der Waals surface area contributed by atoms with E-state index >= 15 is 0 Å². The number of amides is 2. The fourth-order valence-corrected chi connectivity index (χ4v) is 2.56. The molecule has 7 heteroatoms. The normalized spacial score (nSPS) is 10.1. The van der Waals surface area contributed by atoms with E-state index in [0.717, 1.165) is 5.69 Å². The molecule has 0 saturated heterocycles. The topological polar surface area (TPSA) is 71.1 Å². The molecular weight excluding hydrogens is 346 g/mol. The fourth-order valence-electron chi connectivity index (χ4n) is 2.56. The van der Waals surface area contributed by atoms with E-state index < -0.39 is 0 Å². The molecule has 0 fully saturated rings. The van der Waals surface area contributed by atoms with Crippen molar-refractivity contribution >= 4 is 23.2 Å². The van der Waals surface area contributed by atoms with Crippen molar-refractivity contribution in [3.63, 3.8) is 0 Å². The van der Waals surface area contributed by atoms with Crippen LogP contribution in [0.25, 0.3) is 0 Å². The Morgan fingerprint density at radius 2 is 1.67 bits per heavy atom. The highest BCUT2D eigenvalue weighted by molar-refractivity contribution is 5.98. The van der Waals surface area contributed by atoms with E-state index in [1.54, 1.807) is 63.5 Å². The number of anilines is 2. The monoisotopic (exact) mass is 371 g/mol. The van der Waals surface area contributed by atoms with Crippen LogP contribution in [0.4, 0.5) is 11.4 Å². The molecule has 27 heavy (non-hydrogen) atoms. The third kappa shape index (κ3) is 5.13. The number of hydrogen-bond acceptors (Lipinski definition) is 5. The summed E-state index contributed by atoms with van der Waals surface area (Å²) < 4.78 is 10.5. The van der Waals surface area contributed by atoms with Crippen molar-refractivity contribution in [3.8, 4) is 11.5 Å². The summed E-state index contributed by atoms with van der Waals surface area (Å²) in [6.07, 6.45) is 0. The number of methoxy groups -OCH3 is 2. The van der Waals surface area contributed by atoms with Crippen molar-refractivity contribution in [1.29, 1.82) is 0 Å². The highest BCUT2D eigenvalue weighted by Gasteiger charge is 2.13. The number of rotatable bonds is 7. The number of benzene rings is 2. The molecule has 0 heterocycles. The van der Waals surface area contributed by atoms with Gasteiger partial charge in [-0.2, -0.15) is 0 Å². The summed E-state index contributed by atoms with van der Waals surface area (Å²) in [6.45, 7) is 0.140. The molecular formula is C20H25N3O4. The first-order valence-corrected chi connectivity index (χ1v) is 8.40. The Bertz CT molecular complexity index is 821. The molecule has 0 radical (unpaired) electrons. The SMILES string of the molecule is COc1ccc(N(C)CC(=O)Nc2cccc(C(=O)N(C)C)c2)cc1OC. The molecule has 2 amide bonds. The van der Waals surface area contributed by atoms with Crippen LogP contribution in [0.15, 0.2) is 42.5 Å². The van der Waals surface area contributed by atoms with Gasteiger partial charge in [-0.1, -0.05) is 6.07 Å². The number of nitrogens with one attached hydrogen (secondary N) is 1. The van der Waals surface area contributed by atoms with Crippen LogP contribution in [0.3, 0.4) is 0 Å². The van der Waals surface area contributed by atoms with Crippen LogP contribution in [-0.4, -0.2) is 58.6 Å². The molecule has 0 aliphatic carbocycles. The van der Waals surface area contributed by atoms with Crippen molar-refractivity contribution in [2.24, 2.45) is 0 Å². The summed E-state index contributed by atoms with van der Waals surface area (Å²) >= 11 is 0. The first kappa shape index (κ1) is 20.1. The third-order valence-electron chi connectivity index (χ3n) is 3.99. The molecule has 0 aromatic heterocycles. The predicted octanol–water partition coefficient (Wildman–Crippen LogP) is 2.48. The second kappa shape index (κ2) is 8.93. The summed E-state index contributed by atoms with van der Waals surface area (Å²) in [5.74, 6) is 0.911. The van der Waals surface area contributed by atoms with Gasteiger partial charge in [-0.3, -0.25) is 9.59 Å². The van der Waals surface area contributed by atoms with E-state index in [1.165, 1.54) is 4.90 Å². The Hall–Kier alpha value is -3.22. The maximum Gasteiger partial charge on any atom is 0.253 e. The van der Waals surface area contributed by atoms with Gasteiger partial charge < -0.3 is 24.6 Å². The Morgan fingerprint density at radius 3 is 2.30 bits per heavy atom. The molecule has 0 unspecified atom stereocenters. The lowest BCUT2D eigenvalue weighted by Crippen LogP contribution is -2.30. The van der Waals surface area contributed by atoms with Gasteiger partial charge in [-0.15, -0.1) is 0 Å². The molecule has 7 nitrogen and oxygen atoms in total. The number of likely N-dealkylation sites (N-methyl/N-ethyl adjacent to an activating group) is 1. The summed E-state index contributed by atoms with van der Waals surface area (Å²) in [4.78, 5) is 27.7. The lowest BCUT2D eigenvalue weighted by molar-refractivity contribution is -0.114. The van der Waals surface area contributed by atoms with Crippen molar-refractivity contribution < 1.29 is 19.1 Å². The summed E-state index contributed by atoms with van der Waals surface area (Å²) in [5.41, 5.74) is 1.92. The van der Waals surface area contributed by atoms with Crippen LogP contribution in [0, 0.1) is 0 Å². The van der Waals surface area contributed by atoms with Crippen LogP contribution in [0.1, 0.15) is 10.4 Å². The van der Waals surface area contributed by atoms with Gasteiger partial charge in [0, 0.05) is 44.1 Å². The van der Waals surface area contributed by atoms with Gasteiger partial charge in [0.1, 0.15) is 0 Å². The average Bonchev–Trinajstić information content (AvgIpc) is 2.66. The molecule has 0 spiro atoms. The zero-order valence-corrected chi connectivity index (χ0v) is 16.3. The number of carbonyl (C=O) groups is 2. The van der Waals surface area contributed by atoms with Crippen LogP contribution < -0.4 is 19.7 Å². The molecule has 2 rings (SSSR count). The van der Waals surface area contributed by atoms with Crippen molar-refractivity contribution in [1.82, 2.24) is 4.90 Å². The molecule has 0 bridgehead atoms. The largest absolute Gasteiger partial charge is 0.493 e. The van der Waals surface area contributed by atoms with Gasteiger partial charge in [0.05, 0.1) is 20.8 Å². The number of nitrogens with zero attached hydrogens (tertiary/aromatic N) is 2. The molecule has 2 aromatic rings. The lowest BCUT2D eigenvalue weighted by atomic mass is 10.2. The van der Waals surface area contributed by atoms with Gasteiger partial charge in [0.15, 0.2) is 11.5 Å². The van der Waals surface area contributed by atoms with Crippen molar-refractivity contribution in [2.45, 2.75) is 0 Å². The maximum atomic E-state index is 12.4. The second-order valence-corrected chi connectivity index (χ2v) is 6.22. The molecule has 0 aliphatic heterocycles. The summed E-state index contributed by atoms with van der Waals surface area (Å²) in [7, 11) is 8.32. The van der Waals surface area contributed by atoms with E-state index in [2.05, 4.69) is 5.32 Å². The third-order valence-corrected chi connectivity index (χ3v) is 3.99. The molecule has 0 saturated carbocycles. The van der Waals surface area contributed by atoms with Gasteiger partial charge in [-0.05, 0) is 30.3 Å². The lowest BCUT2D eigenvalue weighted by Gasteiger charge is -2.20. The van der Waals surface area contributed by atoms with E-state index in [-0.39, 0.29) is 18.4 Å².